The van der Waals surface area contributed by atoms with Crippen molar-refractivity contribution in [3.8, 4) is 0 Å². The van der Waals surface area contributed by atoms with Crippen molar-refractivity contribution in [1.29, 1.82) is 0 Å². The Kier molecular flexibility index (Phi) is 8.50. The van der Waals surface area contributed by atoms with E-state index in [1.807, 2.05) is 54.0 Å². The first-order chi connectivity index (χ1) is 23.5. The van der Waals surface area contributed by atoms with Gasteiger partial charge in [0.25, 0.3) is 5.56 Å². The number of guanidine groups is 1. The van der Waals surface area contributed by atoms with Crippen LogP contribution in [0.25, 0.3) is 10.9 Å². The summed E-state index contributed by atoms with van der Waals surface area (Å²) in [5.74, 6) is 4.26. The van der Waals surface area contributed by atoms with E-state index >= 15 is 0 Å². The standard InChI is InChI=1S/C39H50ClN7O2/c1-23-20-46(22-35(48)41-23)38(44-33-18-27-17-32(24(33)2)39(27,3)4)42-29-9-10-30-34(19-29)43-36(31-21-45-14-12-26(31)13-15-45)47(37(30)49)16-11-25-5-7-28(40)8-6-25/h5-10,19,23-24,26-27,31-33H,11-18,20-22H2,1-4H3,(H,41,48)(H,42,44)/t23-,24-,27-,31?,32+,33-/m0/s1. The SMILES string of the molecule is C[C@@H]1[C@@H](N=C(Nc2ccc3c(=O)n(CCc4ccc(Cl)cc4)c(C4CN5CCC4CC5)nc3c2)N2CC(=O)N[C@@H](C)C2)C[C@@H]2C[C@H]1C2(C)C. The summed E-state index contributed by atoms with van der Waals surface area (Å²) in [5, 5.41) is 8.03. The highest BCUT2D eigenvalue weighted by atomic mass is 35.5. The summed E-state index contributed by atoms with van der Waals surface area (Å²) in [6, 6.07) is 14.0. The molecule has 5 heterocycles. The third-order valence-electron chi connectivity index (χ3n) is 12.9. The van der Waals surface area contributed by atoms with Crippen LogP contribution in [0, 0.1) is 29.1 Å². The summed E-state index contributed by atoms with van der Waals surface area (Å²) < 4.78 is 1.95. The van der Waals surface area contributed by atoms with Crippen LogP contribution in [0.5, 0.6) is 0 Å². The van der Waals surface area contributed by atoms with Gasteiger partial charge < -0.3 is 20.4 Å². The minimum Gasteiger partial charge on any atom is -0.350 e. The number of nitrogens with one attached hydrogen (secondary N) is 2. The van der Waals surface area contributed by atoms with Gasteiger partial charge in [0.15, 0.2) is 5.96 Å². The van der Waals surface area contributed by atoms with Crippen molar-refractivity contribution in [2.45, 2.75) is 84.3 Å². The minimum absolute atomic E-state index is 0.00964. The summed E-state index contributed by atoms with van der Waals surface area (Å²) in [6.45, 7) is 14.0. The van der Waals surface area contributed by atoms with Gasteiger partial charge in [0.05, 0.1) is 23.5 Å². The number of hydrogen-bond acceptors (Lipinski definition) is 5. The van der Waals surface area contributed by atoms with Crippen molar-refractivity contribution >= 4 is 40.1 Å². The fraction of sp³-hybridized carbons (Fsp3) is 0.590. The Balaban J connectivity index is 1.14. The van der Waals surface area contributed by atoms with Crippen LogP contribution in [0.1, 0.15) is 70.7 Å². The number of nitrogens with zero attached hydrogens (tertiary/aromatic N) is 5. The van der Waals surface area contributed by atoms with Gasteiger partial charge in [-0.25, -0.2) is 9.98 Å². The first-order valence-electron chi connectivity index (χ1n) is 18.4. The van der Waals surface area contributed by atoms with Gasteiger partial charge in [0.2, 0.25) is 5.91 Å². The summed E-state index contributed by atoms with van der Waals surface area (Å²) in [5.41, 5.74) is 3.09. The average Bonchev–Trinajstić information content (AvgIpc) is 3.08. The number of anilines is 1. The predicted molar refractivity (Wildman–Crippen MR) is 196 cm³/mol. The minimum atomic E-state index is 0.00964. The van der Waals surface area contributed by atoms with Gasteiger partial charge in [-0.05, 0) is 117 Å². The molecule has 7 fully saturated rings. The molecule has 4 aliphatic heterocycles. The molecule has 0 spiro atoms. The fourth-order valence-corrected chi connectivity index (χ4v) is 9.96. The summed E-state index contributed by atoms with van der Waals surface area (Å²) in [6.07, 6.45) is 5.40. The number of aromatic nitrogens is 2. The number of benzene rings is 2. The van der Waals surface area contributed by atoms with Crippen LogP contribution in [-0.2, 0) is 17.8 Å². The van der Waals surface area contributed by atoms with E-state index in [0.29, 0.717) is 58.1 Å². The molecule has 6 atom stereocenters. The quantitative estimate of drug-likeness (QED) is 0.254. The van der Waals surface area contributed by atoms with E-state index < -0.39 is 0 Å². The number of piperidine rings is 3. The largest absolute Gasteiger partial charge is 0.350 e. The smallest absolute Gasteiger partial charge is 0.261 e. The monoisotopic (exact) mass is 683 g/mol. The summed E-state index contributed by atoms with van der Waals surface area (Å²) in [4.78, 5) is 42.3. The van der Waals surface area contributed by atoms with Crippen LogP contribution in [-0.4, -0.2) is 76.0 Å². The zero-order valence-electron chi connectivity index (χ0n) is 29.3. The summed E-state index contributed by atoms with van der Waals surface area (Å²) in [7, 11) is 0. The topological polar surface area (TPSA) is 94.9 Å². The van der Waals surface area contributed by atoms with Crippen molar-refractivity contribution in [3.05, 3.63) is 69.2 Å². The first kappa shape index (κ1) is 32.8. The molecular formula is C39H50ClN7O2. The highest BCUT2D eigenvalue weighted by Gasteiger charge is 2.56. The number of piperazine rings is 1. The molecule has 7 aliphatic rings. The zero-order valence-corrected chi connectivity index (χ0v) is 30.0. The molecule has 3 aliphatic carbocycles. The lowest BCUT2D eigenvalue weighted by molar-refractivity contribution is -0.124. The molecule has 260 valence electrons. The van der Waals surface area contributed by atoms with E-state index in [-0.39, 0.29) is 36.0 Å². The molecular weight excluding hydrogens is 634 g/mol. The van der Waals surface area contributed by atoms with Crippen molar-refractivity contribution in [3.63, 3.8) is 0 Å². The number of halogens is 1. The van der Waals surface area contributed by atoms with Crippen LogP contribution in [0.15, 0.2) is 52.3 Å². The molecule has 4 bridgehead atoms. The molecule has 3 aromatic rings. The van der Waals surface area contributed by atoms with Crippen molar-refractivity contribution < 1.29 is 4.79 Å². The molecule has 10 rings (SSSR count). The third-order valence-corrected chi connectivity index (χ3v) is 13.2. The zero-order chi connectivity index (χ0) is 34.0. The number of rotatable bonds is 6. The van der Waals surface area contributed by atoms with Gasteiger partial charge in [-0.3, -0.25) is 14.2 Å². The molecule has 1 unspecified atom stereocenters. The molecule has 2 aromatic carbocycles. The van der Waals surface area contributed by atoms with Crippen molar-refractivity contribution in [1.82, 2.24) is 24.7 Å². The number of fused-ring (bicyclic) bond motifs is 6. The lowest BCUT2D eigenvalue weighted by Gasteiger charge is -2.61. The van der Waals surface area contributed by atoms with Crippen LogP contribution in [0.4, 0.5) is 5.69 Å². The molecule has 4 saturated heterocycles. The Hall–Kier alpha value is -3.43. The number of carbonyl (C=O) groups excluding carboxylic acids is 1. The van der Waals surface area contributed by atoms with Gasteiger partial charge in [0.1, 0.15) is 5.82 Å². The van der Waals surface area contributed by atoms with Gasteiger partial charge in [-0.2, -0.15) is 0 Å². The normalized spacial score (nSPS) is 32.1. The van der Waals surface area contributed by atoms with Crippen molar-refractivity contribution in [2.24, 2.45) is 34.1 Å². The molecule has 0 radical (unpaired) electrons. The third kappa shape index (κ3) is 6.15. The summed E-state index contributed by atoms with van der Waals surface area (Å²) >= 11 is 6.15. The second kappa shape index (κ2) is 12.7. The molecule has 2 N–H and O–H groups in total. The van der Waals surface area contributed by atoms with Crippen LogP contribution < -0.4 is 16.2 Å². The van der Waals surface area contributed by atoms with E-state index in [0.717, 1.165) is 68.4 Å². The maximum atomic E-state index is 14.3. The second-order valence-electron chi connectivity index (χ2n) is 16.2. The Labute approximate surface area is 294 Å². The number of aryl methyl sites for hydroxylation is 1. The number of amides is 1. The Bertz CT molecular complexity index is 1830. The lowest BCUT2D eigenvalue weighted by Crippen LogP contribution is -2.58. The average molecular weight is 684 g/mol. The Morgan fingerprint density at radius 2 is 1.84 bits per heavy atom. The van der Waals surface area contributed by atoms with Gasteiger partial charge in [-0.1, -0.05) is 44.5 Å². The van der Waals surface area contributed by atoms with E-state index in [2.05, 4.69) is 41.2 Å². The maximum Gasteiger partial charge on any atom is 0.261 e. The molecule has 10 heteroatoms. The van der Waals surface area contributed by atoms with E-state index in [1.54, 1.807) is 0 Å². The van der Waals surface area contributed by atoms with Gasteiger partial charge >= 0.3 is 0 Å². The maximum absolute atomic E-state index is 14.3. The second-order valence-corrected chi connectivity index (χ2v) is 16.7. The first-order valence-corrected chi connectivity index (χ1v) is 18.8. The fourth-order valence-electron chi connectivity index (χ4n) is 9.83. The molecule has 49 heavy (non-hydrogen) atoms. The van der Waals surface area contributed by atoms with Crippen LogP contribution in [0.2, 0.25) is 5.02 Å². The highest BCUT2D eigenvalue weighted by molar-refractivity contribution is 6.30. The van der Waals surface area contributed by atoms with Gasteiger partial charge in [0, 0.05) is 42.3 Å². The van der Waals surface area contributed by atoms with E-state index in [1.165, 1.54) is 6.42 Å². The molecule has 9 nitrogen and oxygen atoms in total. The van der Waals surface area contributed by atoms with E-state index in [4.69, 9.17) is 21.6 Å². The van der Waals surface area contributed by atoms with Crippen molar-refractivity contribution in [2.75, 3.05) is 38.0 Å². The number of aliphatic imine (C=N–C) groups is 1. The number of carbonyl (C=O) groups is 1. The lowest BCUT2D eigenvalue weighted by atomic mass is 9.45. The highest BCUT2D eigenvalue weighted by Crippen LogP contribution is 2.61. The Morgan fingerprint density at radius 3 is 2.51 bits per heavy atom. The molecule has 3 saturated carbocycles. The number of hydrogen-bond donors (Lipinski definition) is 2. The van der Waals surface area contributed by atoms with Crippen LogP contribution >= 0.6 is 11.6 Å². The Morgan fingerprint density at radius 1 is 1.06 bits per heavy atom. The van der Waals surface area contributed by atoms with Gasteiger partial charge in [-0.15, -0.1) is 0 Å². The van der Waals surface area contributed by atoms with Crippen LogP contribution in [0.3, 0.4) is 0 Å². The predicted octanol–water partition coefficient (Wildman–Crippen LogP) is 5.76. The molecule has 1 amide bonds. The molecule has 1 aromatic heterocycles. The van der Waals surface area contributed by atoms with E-state index in [9.17, 15) is 9.59 Å².